The van der Waals surface area contributed by atoms with Crippen LogP contribution >= 0.6 is 0 Å². The lowest BCUT2D eigenvalue weighted by atomic mass is 9.91. The van der Waals surface area contributed by atoms with Gasteiger partial charge in [-0.1, -0.05) is 12.8 Å². The van der Waals surface area contributed by atoms with Gasteiger partial charge >= 0.3 is 0 Å². The van der Waals surface area contributed by atoms with Crippen LogP contribution in [0.3, 0.4) is 0 Å². The molecule has 1 aliphatic carbocycles. The van der Waals surface area contributed by atoms with Gasteiger partial charge in [0.1, 0.15) is 5.82 Å². The first kappa shape index (κ1) is 21.3. The topological polar surface area (TPSA) is 122 Å². The lowest BCUT2D eigenvalue weighted by Crippen LogP contribution is -2.43. The van der Waals surface area contributed by atoms with Gasteiger partial charge < -0.3 is 27.0 Å². The summed E-state index contributed by atoms with van der Waals surface area (Å²) in [4.78, 5) is 22.9. The number of pyridine rings is 2. The first-order valence-electron chi connectivity index (χ1n) is 11.0. The number of carbonyl (C=O) groups is 1. The molecule has 2 atom stereocenters. The number of rotatable bonds is 6. The molecule has 3 heterocycles. The minimum Gasteiger partial charge on any atom is -0.370 e. The summed E-state index contributed by atoms with van der Waals surface area (Å²) in [6.07, 6.45) is 10.9. The van der Waals surface area contributed by atoms with E-state index in [0.29, 0.717) is 5.69 Å². The number of piperidine rings is 1. The van der Waals surface area contributed by atoms with E-state index in [1.165, 1.54) is 6.42 Å². The summed E-state index contributed by atoms with van der Waals surface area (Å²) in [5, 5.41) is 6.24. The molecule has 1 aliphatic heterocycles. The van der Waals surface area contributed by atoms with Crippen LogP contribution in [0.1, 0.15) is 55.3 Å². The number of amides is 1. The number of hydrogen-bond acceptors (Lipinski definition) is 7. The second-order valence-electron chi connectivity index (χ2n) is 8.38. The average molecular weight is 428 g/mol. The average Bonchev–Trinajstić information content (AvgIpc) is 2.78. The summed E-state index contributed by atoms with van der Waals surface area (Å²) >= 11 is 0. The number of anilines is 4. The van der Waals surface area contributed by atoms with Crippen LogP contribution in [0.4, 0.5) is 27.4 Å². The summed E-state index contributed by atoms with van der Waals surface area (Å²) in [5.74, 6) is -1.12. The van der Waals surface area contributed by atoms with E-state index in [9.17, 15) is 9.18 Å². The summed E-state index contributed by atoms with van der Waals surface area (Å²) in [7, 11) is 0. The van der Waals surface area contributed by atoms with Crippen molar-refractivity contribution in [3.8, 4) is 0 Å². The number of hydrogen-bond donors (Lipinski definition) is 4. The van der Waals surface area contributed by atoms with Crippen LogP contribution in [0.15, 0.2) is 24.5 Å². The van der Waals surface area contributed by atoms with Gasteiger partial charge in [-0.15, -0.1) is 0 Å². The van der Waals surface area contributed by atoms with Crippen LogP contribution in [-0.2, 0) is 0 Å². The summed E-state index contributed by atoms with van der Waals surface area (Å²) in [5.41, 5.74) is 13.3. The van der Waals surface area contributed by atoms with Crippen LogP contribution in [0.2, 0.25) is 0 Å². The molecule has 166 valence electrons. The molecule has 1 saturated carbocycles. The SMILES string of the molecule is NC(=O)c1cc(F)c(NC2CCCCC2N)nc1Nc1cncc(N2CCCCC2)c1. The zero-order valence-corrected chi connectivity index (χ0v) is 17.6. The van der Waals surface area contributed by atoms with Gasteiger partial charge in [0.25, 0.3) is 5.91 Å². The Morgan fingerprint density at radius 1 is 1.06 bits per heavy atom. The Morgan fingerprint density at radius 3 is 2.58 bits per heavy atom. The third kappa shape index (κ3) is 5.04. The van der Waals surface area contributed by atoms with Crippen molar-refractivity contribution < 1.29 is 9.18 Å². The van der Waals surface area contributed by atoms with Crippen molar-refractivity contribution in [3.05, 3.63) is 35.9 Å². The lowest BCUT2D eigenvalue weighted by molar-refractivity contribution is 0.100. The van der Waals surface area contributed by atoms with Crippen molar-refractivity contribution in [3.63, 3.8) is 0 Å². The third-order valence-electron chi connectivity index (χ3n) is 6.09. The number of primary amides is 1. The van der Waals surface area contributed by atoms with Crippen LogP contribution in [0, 0.1) is 5.82 Å². The molecule has 0 spiro atoms. The summed E-state index contributed by atoms with van der Waals surface area (Å²) < 4.78 is 14.7. The van der Waals surface area contributed by atoms with Crippen LogP contribution in [0.5, 0.6) is 0 Å². The summed E-state index contributed by atoms with van der Waals surface area (Å²) in [6.45, 7) is 1.98. The highest BCUT2D eigenvalue weighted by atomic mass is 19.1. The van der Waals surface area contributed by atoms with Gasteiger partial charge in [-0.25, -0.2) is 9.37 Å². The van der Waals surface area contributed by atoms with E-state index >= 15 is 0 Å². The van der Waals surface area contributed by atoms with Gasteiger partial charge in [-0.3, -0.25) is 9.78 Å². The normalized spacial score (nSPS) is 21.5. The molecule has 6 N–H and O–H groups in total. The molecule has 0 radical (unpaired) electrons. The van der Waals surface area contributed by atoms with Crippen LogP contribution < -0.4 is 27.0 Å². The zero-order chi connectivity index (χ0) is 21.8. The fourth-order valence-corrected chi connectivity index (χ4v) is 4.35. The van der Waals surface area contributed by atoms with Crippen molar-refractivity contribution in [1.29, 1.82) is 0 Å². The maximum absolute atomic E-state index is 14.7. The van der Waals surface area contributed by atoms with Crippen LogP contribution in [-0.4, -0.2) is 41.0 Å². The minimum atomic E-state index is -0.755. The molecule has 4 rings (SSSR count). The fourth-order valence-electron chi connectivity index (χ4n) is 4.35. The smallest absolute Gasteiger partial charge is 0.252 e. The van der Waals surface area contributed by atoms with Gasteiger partial charge in [-0.05, 0) is 44.2 Å². The van der Waals surface area contributed by atoms with Gasteiger partial charge in [0.2, 0.25) is 0 Å². The highest BCUT2D eigenvalue weighted by Crippen LogP contribution is 2.28. The highest BCUT2D eigenvalue weighted by molar-refractivity contribution is 5.98. The lowest BCUT2D eigenvalue weighted by Gasteiger charge is -2.30. The molecular formula is C22H30FN7O. The molecule has 0 bridgehead atoms. The number of nitrogens with two attached hydrogens (primary N) is 2. The first-order valence-corrected chi connectivity index (χ1v) is 11.0. The van der Waals surface area contributed by atoms with E-state index in [4.69, 9.17) is 11.5 Å². The monoisotopic (exact) mass is 427 g/mol. The molecule has 1 saturated heterocycles. The Hall–Kier alpha value is -2.94. The van der Waals surface area contributed by atoms with Gasteiger partial charge in [0.15, 0.2) is 11.6 Å². The maximum Gasteiger partial charge on any atom is 0.252 e. The van der Waals surface area contributed by atoms with Gasteiger partial charge in [-0.2, -0.15) is 0 Å². The second-order valence-corrected chi connectivity index (χ2v) is 8.38. The molecule has 8 nitrogen and oxygen atoms in total. The Morgan fingerprint density at radius 2 is 1.84 bits per heavy atom. The molecule has 2 aromatic heterocycles. The van der Waals surface area contributed by atoms with Crippen LogP contribution in [0.25, 0.3) is 0 Å². The van der Waals surface area contributed by atoms with Gasteiger partial charge in [0, 0.05) is 25.2 Å². The Bertz CT molecular complexity index is 932. The molecule has 1 amide bonds. The largest absolute Gasteiger partial charge is 0.370 e. The minimum absolute atomic E-state index is 0.0145. The molecule has 2 fully saturated rings. The molecule has 2 unspecified atom stereocenters. The van der Waals surface area contributed by atoms with Crippen molar-refractivity contribution in [2.24, 2.45) is 11.5 Å². The predicted octanol–water partition coefficient (Wildman–Crippen LogP) is 3.13. The van der Waals surface area contributed by atoms with E-state index < -0.39 is 11.7 Å². The number of nitrogens with one attached hydrogen (secondary N) is 2. The number of nitrogens with zero attached hydrogens (tertiary/aromatic N) is 3. The van der Waals surface area contributed by atoms with E-state index in [1.54, 1.807) is 6.20 Å². The predicted molar refractivity (Wildman–Crippen MR) is 120 cm³/mol. The quantitative estimate of drug-likeness (QED) is 0.559. The Balaban J connectivity index is 1.60. The molecule has 2 aromatic rings. The van der Waals surface area contributed by atoms with E-state index in [1.807, 2.05) is 12.3 Å². The van der Waals surface area contributed by atoms with E-state index in [-0.39, 0.29) is 29.3 Å². The number of carbonyl (C=O) groups excluding carboxylic acids is 1. The standard InChI is InChI=1S/C22H30FN7O/c23-17-11-16(20(25)31)21(29-22(17)28-19-7-3-2-6-18(19)24)27-14-10-15(13-26-12-14)30-8-4-1-5-9-30/h10-13,18-19H,1-9,24H2,(H2,25,31)(H2,27,28,29). The molecule has 9 heteroatoms. The third-order valence-corrected chi connectivity index (χ3v) is 6.09. The molecule has 0 aromatic carbocycles. The molecule has 2 aliphatic rings. The number of halogens is 1. The van der Waals surface area contributed by atoms with Gasteiger partial charge in [0.05, 0.1) is 29.3 Å². The van der Waals surface area contributed by atoms with Crippen molar-refractivity contribution in [2.45, 2.75) is 57.0 Å². The van der Waals surface area contributed by atoms with E-state index in [2.05, 4.69) is 25.5 Å². The fraction of sp³-hybridized carbons (Fsp3) is 0.500. The molecular weight excluding hydrogens is 397 g/mol. The van der Waals surface area contributed by atoms with E-state index in [0.717, 1.165) is 63.4 Å². The van der Waals surface area contributed by atoms with Crippen molar-refractivity contribution in [1.82, 2.24) is 9.97 Å². The Labute approximate surface area is 181 Å². The molecule has 31 heavy (non-hydrogen) atoms. The first-order chi connectivity index (χ1) is 15.0. The van der Waals surface area contributed by atoms with Crippen molar-refractivity contribution >= 4 is 28.9 Å². The Kier molecular flexibility index (Phi) is 6.50. The van der Waals surface area contributed by atoms with Crippen molar-refractivity contribution in [2.75, 3.05) is 28.6 Å². The highest BCUT2D eigenvalue weighted by Gasteiger charge is 2.24. The zero-order valence-electron chi connectivity index (χ0n) is 17.6. The number of aromatic nitrogens is 2. The second kappa shape index (κ2) is 9.47. The maximum atomic E-state index is 14.7. The summed E-state index contributed by atoms with van der Waals surface area (Å²) in [6, 6.07) is 2.95.